The van der Waals surface area contributed by atoms with Crippen LogP contribution in [-0.2, 0) is 19.8 Å². The number of aromatic nitrogens is 4. The molecule has 0 atom stereocenters. The Balaban J connectivity index is 2.05. The van der Waals surface area contributed by atoms with Crippen LogP contribution in [0.15, 0.2) is 41.2 Å². The standard InChI is InChI=1S/C18H16ClF3N4O3/c1-3-28-15-6-4-5-14(26-17(27)25(2)23-24-26)12(15)10-29-16-9-11(19)7-8-13(16)18(20,21)22/h4-9H,3,10H2,1-2H3. The molecule has 0 saturated carbocycles. The van der Waals surface area contributed by atoms with Gasteiger partial charge in [0.15, 0.2) is 0 Å². The molecule has 0 aliphatic heterocycles. The molecule has 1 heterocycles. The van der Waals surface area contributed by atoms with Gasteiger partial charge >= 0.3 is 11.9 Å². The SMILES string of the molecule is CCOc1cccc(-n2nnn(C)c2=O)c1COc1cc(Cl)ccc1C(F)(F)F. The Kier molecular flexibility index (Phi) is 5.83. The maximum Gasteiger partial charge on any atom is 0.419 e. The first-order chi connectivity index (χ1) is 13.7. The molecule has 0 radical (unpaired) electrons. The monoisotopic (exact) mass is 428 g/mol. The topological polar surface area (TPSA) is 71.2 Å². The second-order valence-corrected chi connectivity index (χ2v) is 6.35. The van der Waals surface area contributed by atoms with E-state index in [4.69, 9.17) is 21.1 Å². The van der Waals surface area contributed by atoms with E-state index in [1.165, 1.54) is 7.05 Å². The normalized spacial score (nSPS) is 11.5. The van der Waals surface area contributed by atoms with Crippen molar-refractivity contribution < 1.29 is 22.6 Å². The van der Waals surface area contributed by atoms with Crippen LogP contribution >= 0.6 is 11.6 Å². The molecule has 0 aliphatic carbocycles. The van der Waals surface area contributed by atoms with Crippen LogP contribution in [-0.4, -0.2) is 26.4 Å². The molecule has 0 N–H and O–H groups in total. The average molecular weight is 429 g/mol. The zero-order valence-corrected chi connectivity index (χ0v) is 16.2. The van der Waals surface area contributed by atoms with Gasteiger partial charge in [-0.25, -0.2) is 4.79 Å². The van der Waals surface area contributed by atoms with Crippen LogP contribution in [0.25, 0.3) is 5.69 Å². The maximum absolute atomic E-state index is 13.3. The Morgan fingerprint density at radius 2 is 1.86 bits per heavy atom. The summed E-state index contributed by atoms with van der Waals surface area (Å²) in [7, 11) is 1.43. The molecule has 2 aromatic carbocycles. The molecule has 7 nitrogen and oxygen atoms in total. The predicted octanol–water partition coefficient (Wildman–Crippen LogP) is 3.62. The Bertz CT molecular complexity index is 1080. The quantitative estimate of drug-likeness (QED) is 0.599. The largest absolute Gasteiger partial charge is 0.493 e. The fourth-order valence-corrected chi connectivity index (χ4v) is 2.81. The van der Waals surface area contributed by atoms with Gasteiger partial charge in [-0.2, -0.15) is 22.5 Å². The van der Waals surface area contributed by atoms with E-state index in [9.17, 15) is 18.0 Å². The molecule has 0 amide bonds. The Morgan fingerprint density at radius 1 is 1.10 bits per heavy atom. The summed E-state index contributed by atoms with van der Waals surface area (Å²) >= 11 is 5.84. The Morgan fingerprint density at radius 3 is 2.48 bits per heavy atom. The van der Waals surface area contributed by atoms with Gasteiger partial charge in [0.05, 0.1) is 23.4 Å². The molecule has 0 unspecified atom stereocenters. The summed E-state index contributed by atoms with van der Waals surface area (Å²) in [6.45, 7) is 1.74. The number of alkyl halides is 3. The minimum atomic E-state index is -4.62. The van der Waals surface area contributed by atoms with Crippen molar-refractivity contribution in [1.82, 2.24) is 19.8 Å². The van der Waals surface area contributed by atoms with E-state index in [1.807, 2.05) is 0 Å². The zero-order valence-electron chi connectivity index (χ0n) is 15.4. The van der Waals surface area contributed by atoms with Crippen molar-refractivity contribution in [3.05, 3.63) is 63.0 Å². The number of rotatable bonds is 6. The Labute approximate surface area is 168 Å². The summed E-state index contributed by atoms with van der Waals surface area (Å²) in [5.74, 6) is -0.0908. The van der Waals surface area contributed by atoms with E-state index >= 15 is 0 Å². The van der Waals surface area contributed by atoms with Crippen molar-refractivity contribution in [1.29, 1.82) is 0 Å². The number of benzene rings is 2. The molecule has 1 aromatic heterocycles. The predicted molar refractivity (Wildman–Crippen MR) is 98.6 cm³/mol. The van der Waals surface area contributed by atoms with Crippen LogP contribution in [0.2, 0.25) is 5.02 Å². The van der Waals surface area contributed by atoms with Crippen molar-refractivity contribution >= 4 is 11.6 Å². The van der Waals surface area contributed by atoms with E-state index in [1.54, 1.807) is 25.1 Å². The summed E-state index contributed by atoms with van der Waals surface area (Å²) in [6.07, 6.45) is -4.62. The second-order valence-electron chi connectivity index (χ2n) is 5.91. The highest BCUT2D eigenvalue weighted by atomic mass is 35.5. The van der Waals surface area contributed by atoms with E-state index in [2.05, 4.69) is 10.4 Å². The van der Waals surface area contributed by atoms with Crippen LogP contribution in [0.5, 0.6) is 11.5 Å². The number of ether oxygens (including phenoxy) is 2. The lowest BCUT2D eigenvalue weighted by Crippen LogP contribution is -2.23. The number of hydrogen-bond acceptors (Lipinski definition) is 5. The van der Waals surface area contributed by atoms with Crippen molar-refractivity contribution in [2.45, 2.75) is 19.7 Å². The van der Waals surface area contributed by atoms with Crippen molar-refractivity contribution in [3.8, 4) is 17.2 Å². The lowest BCUT2D eigenvalue weighted by atomic mass is 10.1. The number of tetrazole rings is 1. The molecular weight excluding hydrogens is 413 g/mol. The lowest BCUT2D eigenvalue weighted by Gasteiger charge is -2.17. The molecule has 0 bridgehead atoms. The number of halogens is 4. The van der Waals surface area contributed by atoms with Crippen molar-refractivity contribution in [2.24, 2.45) is 7.05 Å². The minimum absolute atomic E-state index is 0.0939. The highest BCUT2D eigenvalue weighted by molar-refractivity contribution is 6.30. The zero-order chi connectivity index (χ0) is 21.2. The summed E-state index contributed by atoms with van der Waals surface area (Å²) in [4.78, 5) is 12.2. The Hall–Kier alpha value is -3.01. The third-order valence-corrected chi connectivity index (χ3v) is 4.21. The summed E-state index contributed by atoms with van der Waals surface area (Å²) in [5.41, 5.74) is -0.873. The van der Waals surface area contributed by atoms with Crippen LogP contribution in [0.1, 0.15) is 18.1 Å². The molecule has 3 rings (SSSR count). The van der Waals surface area contributed by atoms with Crippen LogP contribution in [0, 0.1) is 0 Å². The lowest BCUT2D eigenvalue weighted by molar-refractivity contribution is -0.139. The van der Waals surface area contributed by atoms with E-state index in [0.29, 0.717) is 17.9 Å². The number of nitrogens with zero attached hydrogens (tertiary/aromatic N) is 4. The molecule has 0 spiro atoms. The molecular formula is C18H16ClF3N4O3. The van der Waals surface area contributed by atoms with E-state index in [0.717, 1.165) is 27.6 Å². The van der Waals surface area contributed by atoms with Crippen LogP contribution in [0.4, 0.5) is 13.2 Å². The van der Waals surface area contributed by atoms with Gasteiger partial charge in [-0.15, -0.1) is 0 Å². The average Bonchev–Trinajstić information content (AvgIpc) is 2.98. The first-order valence-electron chi connectivity index (χ1n) is 8.46. The third kappa shape index (κ3) is 4.37. The minimum Gasteiger partial charge on any atom is -0.493 e. The fraction of sp³-hybridized carbons (Fsp3) is 0.278. The number of aryl methyl sites for hydroxylation is 1. The van der Waals surface area contributed by atoms with Gasteiger partial charge in [-0.1, -0.05) is 17.7 Å². The second kappa shape index (κ2) is 8.16. The third-order valence-electron chi connectivity index (χ3n) is 3.98. The molecule has 3 aromatic rings. The highest BCUT2D eigenvalue weighted by Gasteiger charge is 2.34. The molecule has 0 saturated heterocycles. The molecule has 0 fully saturated rings. The fourth-order valence-electron chi connectivity index (χ4n) is 2.65. The van der Waals surface area contributed by atoms with Crippen molar-refractivity contribution in [2.75, 3.05) is 6.61 Å². The number of hydrogen-bond donors (Lipinski definition) is 0. The maximum atomic E-state index is 13.3. The van der Waals surface area contributed by atoms with Crippen molar-refractivity contribution in [3.63, 3.8) is 0 Å². The van der Waals surface area contributed by atoms with Gasteiger partial charge < -0.3 is 9.47 Å². The summed E-state index contributed by atoms with van der Waals surface area (Å²) < 4.78 is 52.9. The van der Waals surface area contributed by atoms with Gasteiger partial charge in [0.2, 0.25) is 0 Å². The first-order valence-corrected chi connectivity index (χ1v) is 8.83. The summed E-state index contributed by atoms with van der Waals surface area (Å²) in [6, 6.07) is 7.89. The highest BCUT2D eigenvalue weighted by Crippen LogP contribution is 2.38. The van der Waals surface area contributed by atoms with Gasteiger partial charge in [-0.05, 0) is 47.7 Å². The smallest absolute Gasteiger partial charge is 0.419 e. The van der Waals surface area contributed by atoms with Gasteiger partial charge in [0, 0.05) is 12.1 Å². The van der Waals surface area contributed by atoms with Gasteiger partial charge in [0.25, 0.3) is 0 Å². The van der Waals surface area contributed by atoms with Crippen LogP contribution < -0.4 is 15.2 Å². The molecule has 0 aliphatic rings. The van der Waals surface area contributed by atoms with Crippen LogP contribution in [0.3, 0.4) is 0 Å². The molecule has 154 valence electrons. The van der Waals surface area contributed by atoms with Gasteiger partial charge in [-0.3, -0.25) is 0 Å². The first kappa shape index (κ1) is 20.7. The molecule has 29 heavy (non-hydrogen) atoms. The van der Waals surface area contributed by atoms with E-state index < -0.39 is 23.2 Å². The summed E-state index contributed by atoms with van der Waals surface area (Å²) in [5, 5.41) is 7.53. The molecule has 11 heteroatoms. The van der Waals surface area contributed by atoms with E-state index in [-0.39, 0.29) is 17.3 Å². The van der Waals surface area contributed by atoms with Gasteiger partial charge in [0.1, 0.15) is 18.1 Å².